The maximum atomic E-state index is 10.1. The van der Waals surface area contributed by atoms with Gasteiger partial charge in [-0.1, -0.05) is 40.7 Å². The molecule has 0 radical (unpaired) electrons. The Hall–Kier alpha value is -0.163. The van der Waals surface area contributed by atoms with E-state index in [2.05, 4.69) is 40.7 Å². The Kier molecular flexibility index (Phi) is 9.70. The van der Waals surface area contributed by atoms with Crippen molar-refractivity contribution in [2.75, 3.05) is 6.61 Å². The second kappa shape index (κ2) is 9.77. The summed E-state index contributed by atoms with van der Waals surface area (Å²) in [6, 6.07) is 3.47. The SMILES string of the molecule is CC[Si](CC)(CC)O[C@@H](C)[C@@H](C)/C=C(\C)[C@H](O)[C@@H](C)CO. The first-order valence-corrected chi connectivity index (χ1v) is 10.9. The van der Waals surface area contributed by atoms with Crippen LogP contribution in [0.1, 0.15) is 48.5 Å². The summed E-state index contributed by atoms with van der Waals surface area (Å²) in [6.45, 7) is 14.8. The minimum absolute atomic E-state index is 0.00428. The third-order valence-electron chi connectivity index (χ3n) is 4.93. The van der Waals surface area contributed by atoms with Crippen molar-refractivity contribution in [1.82, 2.24) is 0 Å². The molecule has 0 aliphatic heterocycles. The van der Waals surface area contributed by atoms with Crippen LogP contribution >= 0.6 is 0 Å². The predicted octanol–water partition coefficient (Wildman–Crippen LogP) is 3.97. The molecule has 0 aromatic rings. The summed E-state index contributed by atoms with van der Waals surface area (Å²) in [6.07, 6.45) is 1.69. The largest absolute Gasteiger partial charge is 0.414 e. The Morgan fingerprint density at radius 2 is 1.57 bits per heavy atom. The van der Waals surface area contributed by atoms with Gasteiger partial charge >= 0.3 is 0 Å². The van der Waals surface area contributed by atoms with Crippen LogP contribution in [0.3, 0.4) is 0 Å². The van der Waals surface area contributed by atoms with Gasteiger partial charge in [0.05, 0.1) is 6.10 Å². The van der Waals surface area contributed by atoms with E-state index < -0.39 is 14.4 Å². The molecule has 0 aliphatic carbocycles. The Morgan fingerprint density at radius 1 is 1.10 bits per heavy atom. The van der Waals surface area contributed by atoms with Crippen molar-refractivity contribution in [1.29, 1.82) is 0 Å². The second-order valence-electron chi connectivity index (χ2n) is 6.44. The molecule has 0 aliphatic rings. The second-order valence-corrected chi connectivity index (χ2v) is 11.2. The van der Waals surface area contributed by atoms with E-state index in [-0.39, 0.29) is 24.5 Å². The molecule has 0 bridgehead atoms. The van der Waals surface area contributed by atoms with E-state index in [9.17, 15) is 5.11 Å². The lowest BCUT2D eigenvalue weighted by Gasteiger charge is -2.34. The Balaban J connectivity index is 4.81. The molecule has 3 nitrogen and oxygen atoms in total. The standard InChI is InChI=1S/C17H36O3Si/c1-8-21(9-2,10-3)20-16(7)13(4)11-14(5)17(19)15(6)12-18/h11,13,15-19H,8-10,12H2,1-7H3/b14-11+/t13-,15-,16-,17-/m0/s1. The molecule has 0 saturated heterocycles. The normalized spacial score (nSPS) is 19.2. The maximum absolute atomic E-state index is 10.1. The summed E-state index contributed by atoms with van der Waals surface area (Å²) in [4.78, 5) is 0. The summed E-state index contributed by atoms with van der Waals surface area (Å²) < 4.78 is 6.48. The fourth-order valence-electron chi connectivity index (χ4n) is 2.70. The van der Waals surface area contributed by atoms with Crippen LogP contribution in [0.5, 0.6) is 0 Å². The third kappa shape index (κ3) is 6.23. The van der Waals surface area contributed by atoms with Gasteiger partial charge in [-0.05, 0) is 43.5 Å². The summed E-state index contributed by atoms with van der Waals surface area (Å²) >= 11 is 0. The molecule has 0 unspecified atom stereocenters. The lowest BCUT2D eigenvalue weighted by atomic mass is 9.94. The maximum Gasteiger partial charge on any atom is 0.192 e. The zero-order valence-electron chi connectivity index (χ0n) is 15.0. The highest BCUT2D eigenvalue weighted by Gasteiger charge is 2.32. The minimum atomic E-state index is -1.58. The molecule has 0 aromatic heterocycles. The molecule has 0 rings (SSSR count). The molecule has 21 heavy (non-hydrogen) atoms. The summed E-state index contributed by atoms with van der Waals surface area (Å²) in [5.74, 6) is 0.141. The first-order chi connectivity index (χ1) is 9.76. The summed E-state index contributed by atoms with van der Waals surface area (Å²) in [5.41, 5.74) is 0.927. The van der Waals surface area contributed by atoms with Crippen molar-refractivity contribution < 1.29 is 14.6 Å². The lowest BCUT2D eigenvalue weighted by Crippen LogP contribution is -2.40. The van der Waals surface area contributed by atoms with Crippen LogP contribution in [0.4, 0.5) is 0 Å². The Bertz CT molecular complexity index is 305. The number of hydrogen-bond acceptors (Lipinski definition) is 3. The van der Waals surface area contributed by atoms with E-state index in [0.29, 0.717) is 0 Å². The van der Waals surface area contributed by atoms with Gasteiger partial charge in [0.1, 0.15) is 0 Å². The first-order valence-electron chi connectivity index (χ1n) is 8.41. The van der Waals surface area contributed by atoms with Gasteiger partial charge in [-0.25, -0.2) is 0 Å². The fourth-order valence-corrected chi connectivity index (χ4v) is 5.70. The zero-order chi connectivity index (χ0) is 16.6. The van der Waals surface area contributed by atoms with E-state index in [1.807, 2.05) is 13.8 Å². The van der Waals surface area contributed by atoms with Gasteiger partial charge in [-0.15, -0.1) is 0 Å². The number of rotatable bonds is 10. The van der Waals surface area contributed by atoms with Crippen LogP contribution in [-0.4, -0.2) is 37.3 Å². The monoisotopic (exact) mass is 316 g/mol. The van der Waals surface area contributed by atoms with E-state index >= 15 is 0 Å². The molecule has 126 valence electrons. The molecule has 0 spiro atoms. The quantitative estimate of drug-likeness (QED) is 0.473. The molecule has 0 fully saturated rings. The van der Waals surface area contributed by atoms with Crippen LogP contribution < -0.4 is 0 Å². The van der Waals surface area contributed by atoms with Gasteiger partial charge in [0.15, 0.2) is 8.32 Å². The Labute approximate surface area is 132 Å². The molecule has 0 heterocycles. The highest BCUT2D eigenvalue weighted by atomic mass is 28.4. The van der Waals surface area contributed by atoms with E-state index in [0.717, 1.165) is 23.7 Å². The molecule has 4 heteroatoms. The number of aliphatic hydroxyl groups is 2. The third-order valence-corrected chi connectivity index (χ3v) is 9.67. The summed E-state index contributed by atoms with van der Waals surface area (Å²) in [7, 11) is -1.58. The van der Waals surface area contributed by atoms with Gasteiger partial charge in [-0.3, -0.25) is 0 Å². The van der Waals surface area contributed by atoms with E-state index in [1.165, 1.54) is 0 Å². The topological polar surface area (TPSA) is 49.7 Å². The van der Waals surface area contributed by atoms with Crippen molar-refractivity contribution in [3.63, 3.8) is 0 Å². The molecular weight excluding hydrogens is 280 g/mol. The molecule has 0 saturated carbocycles. The van der Waals surface area contributed by atoms with Crippen LogP contribution in [0.2, 0.25) is 18.1 Å². The molecule has 0 amide bonds. The zero-order valence-corrected chi connectivity index (χ0v) is 16.0. The van der Waals surface area contributed by atoms with Crippen molar-refractivity contribution in [2.45, 2.75) is 78.8 Å². The minimum Gasteiger partial charge on any atom is -0.414 e. The van der Waals surface area contributed by atoms with Crippen LogP contribution in [0, 0.1) is 11.8 Å². The van der Waals surface area contributed by atoms with Crippen molar-refractivity contribution in [3.8, 4) is 0 Å². The molecule has 4 atom stereocenters. The van der Waals surface area contributed by atoms with Crippen LogP contribution in [0.25, 0.3) is 0 Å². The van der Waals surface area contributed by atoms with Gasteiger partial charge in [0.25, 0.3) is 0 Å². The van der Waals surface area contributed by atoms with E-state index in [1.54, 1.807) is 0 Å². The molecule has 0 aromatic carbocycles. The number of aliphatic hydroxyl groups excluding tert-OH is 2. The average Bonchev–Trinajstić information content (AvgIpc) is 2.50. The highest BCUT2D eigenvalue weighted by Crippen LogP contribution is 2.26. The van der Waals surface area contributed by atoms with Crippen molar-refractivity contribution in [2.24, 2.45) is 11.8 Å². The fraction of sp³-hybridized carbons (Fsp3) is 0.882. The van der Waals surface area contributed by atoms with Gasteiger partial charge in [-0.2, -0.15) is 0 Å². The molecule has 2 N–H and O–H groups in total. The average molecular weight is 317 g/mol. The highest BCUT2D eigenvalue weighted by molar-refractivity contribution is 6.73. The Morgan fingerprint density at radius 3 is 1.95 bits per heavy atom. The number of hydrogen-bond donors (Lipinski definition) is 2. The smallest absolute Gasteiger partial charge is 0.192 e. The van der Waals surface area contributed by atoms with Crippen molar-refractivity contribution >= 4 is 8.32 Å². The van der Waals surface area contributed by atoms with Crippen LogP contribution in [-0.2, 0) is 4.43 Å². The molecular formula is C17H36O3Si. The predicted molar refractivity (Wildman–Crippen MR) is 92.9 cm³/mol. The van der Waals surface area contributed by atoms with Gasteiger partial charge in [0, 0.05) is 18.6 Å². The van der Waals surface area contributed by atoms with Crippen LogP contribution in [0.15, 0.2) is 11.6 Å². The van der Waals surface area contributed by atoms with Crippen molar-refractivity contribution in [3.05, 3.63) is 11.6 Å². The van der Waals surface area contributed by atoms with Gasteiger partial charge < -0.3 is 14.6 Å². The van der Waals surface area contributed by atoms with E-state index in [4.69, 9.17) is 9.53 Å². The first kappa shape index (κ1) is 20.8. The summed E-state index contributed by atoms with van der Waals surface area (Å²) in [5, 5.41) is 19.3. The lowest BCUT2D eigenvalue weighted by molar-refractivity contribution is 0.102. The van der Waals surface area contributed by atoms with Gasteiger partial charge in [0.2, 0.25) is 0 Å².